The van der Waals surface area contributed by atoms with Crippen molar-refractivity contribution in [3.05, 3.63) is 35.4 Å². The third kappa shape index (κ3) is 3.73. The van der Waals surface area contributed by atoms with E-state index in [9.17, 15) is 18.3 Å². The van der Waals surface area contributed by atoms with Gasteiger partial charge < -0.3 is 10.4 Å². The molecule has 0 saturated carbocycles. The fraction of sp³-hybridized carbons (Fsp3) is 0.600. The van der Waals surface area contributed by atoms with E-state index < -0.39 is 17.3 Å². The minimum Gasteiger partial charge on any atom is -0.389 e. The molecule has 2 nitrogen and oxygen atoms in total. The summed E-state index contributed by atoms with van der Waals surface area (Å²) >= 11 is 0. The van der Waals surface area contributed by atoms with Gasteiger partial charge in [0, 0.05) is 18.9 Å². The first kappa shape index (κ1) is 15.3. The second-order valence-corrected chi connectivity index (χ2v) is 5.77. The first-order valence-corrected chi connectivity index (χ1v) is 6.88. The molecule has 0 bridgehead atoms. The van der Waals surface area contributed by atoms with Gasteiger partial charge in [-0.3, -0.25) is 0 Å². The van der Waals surface area contributed by atoms with Gasteiger partial charge in [-0.2, -0.15) is 13.2 Å². The number of rotatable bonds is 3. The Balaban J connectivity index is 2.05. The summed E-state index contributed by atoms with van der Waals surface area (Å²) < 4.78 is 37.5. The molecule has 1 heterocycles. The van der Waals surface area contributed by atoms with Crippen molar-refractivity contribution < 1.29 is 18.3 Å². The van der Waals surface area contributed by atoms with Crippen LogP contribution in [0, 0.1) is 5.92 Å². The Kier molecular flexibility index (Phi) is 4.39. The molecule has 2 N–H and O–H groups in total. The molecule has 0 aromatic heterocycles. The van der Waals surface area contributed by atoms with Gasteiger partial charge in [0.1, 0.15) is 0 Å². The molecule has 2 atom stereocenters. The Morgan fingerprint density at radius 3 is 2.40 bits per heavy atom. The fourth-order valence-electron chi connectivity index (χ4n) is 2.75. The predicted octanol–water partition coefficient (Wildman–Crippen LogP) is 3.00. The van der Waals surface area contributed by atoms with Gasteiger partial charge in [0.15, 0.2) is 0 Å². The SMILES string of the molecule is CC(O)(Cc1ccc(C(F)(F)F)cc1)C1CCCNC1. The Morgan fingerprint density at radius 1 is 1.25 bits per heavy atom. The molecular weight excluding hydrogens is 267 g/mol. The van der Waals surface area contributed by atoms with Crippen LogP contribution in [0.3, 0.4) is 0 Å². The molecule has 1 saturated heterocycles. The fourth-order valence-corrected chi connectivity index (χ4v) is 2.75. The molecule has 1 fully saturated rings. The van der Waals surface area contributed by atoms with E-state index in [1.54, 1.807) is 6.92 Å². The number of alkyl halides is 3. The predicted molar refractivity (Wildman–Crippen MR) is 71.4 cm³/mol. The van der Waals surface area contributed by atoms with E-state index in [0.29, 0.717) is 6.42 Å². The summed E-state index contributed by atoms with van der Waals surface area (Å²) in [5.74, 6) is 0.138. The summed E-state index contributed by atoms with van der Waals surface area (Å²) in [5, 5.41) is 13.8. The third-order valence-electron chi connectivity index (χ3n) is 4.02. The summed E-state index contributed by atoms with van der Waals surface area (Å²) in [6, 6.07) is 5.05. The van der Waals surface area contributed by atoms with Gasteiger partial charge in [-0.1, -0.05) is 12.1 Å². The van der Waals surface area contributed by atoms with E-state index in [-0.39, 0.29) is 5.92 Å². The smallest absolute Gasteiger partial charge is 0.389 e. The lowest BCUT2D eigenvalue weighted by Crippen LogP contribution is -2.45. The minimum atomic E-state index is -4.31. The zero-order valence-corrected chi connectivity index (χ0v) is 11.5. The average Bonchev–Trinajstić information content (AvgIpc) is 2.39. The Labute approximate surface area is 117 Å². The number of piperidine rings is 1. The number of aliphatic hydroxyl groups is 1. The van der Waals surface area contributed by atoms with Crippen LogP contribution in [0.1, 0.15) is 30.9 Å². The molecule has 0 radical (unpaired) electrons. The van der Waals surface area contributed by atoms with Crippen LogP contribution in [0.5, 0.6) is 0 Å². The zero-order chi connectivity index (χ0) is 14.8. The molecule has 1 aromatic rings. The first-order valence-electron chi connectivity index (χ1n) is 6.88. The highest BCUT2D eigenvalue weighted by Crippen LogP contribution is 2.31. The third-order valence-corrected chi connectivity index (χ3v) is 4.02. The Bertz CT molecular complexity index is 433. The van der Waals surface area contributed by atoms with Gasteiger partial charge in [-0.05, 0) is 44.0 Å². The number of nitrogens with one attached hydrogen (secondary N) is 1. The second-order valence-electron chi connectivity index (χ2n) is 5.77. The van der Waals surface area contributed by atoms with E-state index >= 15 is 0 Å². The lowest BCUT2D eigenvalue weighted by Gasteiger charge is -2.36. The minimum absolute atomic E-state index is 0.138. The van der Waals surface area contributed by atoms with E-state index in [1.807, 2.05) is 0 Å². The van der Waals surface area contributed by atoms with Crippen LogP contribution >= 0.6 is 0 Å². The molecule has 0 spiro atoms. The molecule has 5 heteroatoms. The highest BCUT2D eigenvalue weighted by Gasteiger charge is 2.34. The van der Waals surface area contributed by atoms with Crippen LogP contribution in [-0.4, -0.2) is 23.8 Å². The van der Waals surface area contributed by atoms with Gasteiger partial charge in [-0.15, -0.1) is 0 Å². The number of benzene rings is 1. The topological polar surface area (TPSA) is 32.3 Å². The summed E-state index contributed by atoms with van der Waals surface area (Å²) in [7, 11) is 0. The number of hydrogen-bond acceptors (Lipinski definition) is 2. The molecule has 1 aliphatic rings. The summed E-state index contributed by atoms with van der Waals surface area (Å²) in [4.78, 5) is 0. The Hall–Kier alpha value is -1.07. The van der Waals surface area contributed by atoms with Crippen molar-refractivity contribution in [2.24, 2.45) is 5.92 Å². The van der Waals surface area contributed by atoms with Gasteiger partial charge in [-0.25, -0.2) is 0 Å². The standard InChI is InChI=1S/C15H20F3NO/c1-14(20,13-3-2-8-19-10-13)9-11-4-6-12(7-5-11)15(16,17)18/h4-7,13,19-20H,2-3,8-10H2,1H3. The normalized spacial score (nSPS) is 23.4. The molecule has 20 heavy (non-hydrogen) atoms. The van der Waals surface area contributed by atoms with E-state index in [1.165, 1.54) is 12.1 Å². The first-order chi connectivity index (χ1) is 9.29. The van der Waals surface area contributed by atoms with Gasteiger partial charge in [0.2, 0.25) is 0 Å². The molecule has 2 rings (SSSR count). The molecule has 0 amide bonds. The van der Waals surface area contributed by atoms with Crippen molar-refractivity contribution in [2.45, 2.75) is 38.0 Å². The summed E-state index contributed by atoms with van der Waals surface area (Å²) in [6.45, 7) is 3.49. The number of hydrogen-bond donors (Lipinski definition) is 2. The molecular formula is C15H20F3NO. The second kappa shape index (κ2) is 5.74. The van der Waals surface area contributed by atoms with Gasteiger partial charge in [0.05, 0.1) is 11.2 Å². The number of halogens is 3. The van der Waals surface area contributed by atoms with Crippen molar-refractivity contribution in [2.75, 3.05) is 13.1 Å². The van der Waals surface area contributed by atoms with Crippen molar-refractivity contribution in [1.29, 1.82) is 0 Å². The molecule has 1 aliphatic heterocycles. The van der Waals surface area contributed by atoms with Crippen LogP contribution in [0.2, 0.25) is 0 Å². The van der Waals surface area contributed by atoms with E-state index in [4.69, 9.17) is 0 Å². The summed E-state index contributed by atoms with van der Waals surface area (Å²) in [6.07, 6.45) is -1.97. The maximum absolute atomic E-state index is 12.5. The van der Waals surface area contributed by atoms with Gasteiger partial charge >= 0.3 is 6.18 Å². The quantitative estimate of drug-likeness (QED) is 0.895. The average molecular weight is 287 g/mol. The van der Waals surface area contributed by atoms with Crippen LogP contribution in [0.15, 0.2) is 24.3 Å². The van der Waals surface area contributed by atoms with Crippen LogP contribution < -0.4 is 5.32 Å². The van der Waals surface area contributed by atoms with Crippen molar-refractivity contribution >= 4 is 0 Å². The van der Waals surface area contributed by atoms with E-state index in [2.05, 4.69) is 5.32 Å². The van der Waals surface area contributed by atoms with E-state index in [0.717, 1.165) is 43.6 Å². The maximum Gasteiger partial charge on any atom is 0.416 e. The highest BCUT2D eigenvalue weighted by atomic mass is 19.4. The lowest BCUT2D eigenvalue weighted by atomic mass is 9.79. The maximum atomic E-state index is 12.5. The lowest BCUT2D eigenvalue weighted by molar-refractivity contribution is -0.137. The van der Waals surface area contributed by atoms with Crippen LogP contribution in [0.4, 0.5) is 13.2 Å². The van der Waals surface area contributed by atoms with Crippen LogP contribution in [0.25, 0.3) is 0 Å². The summed E-state index contributed by atoms with van der Waals surface area (Å²) in [5.41, 5.74) is -0.818. The van der Waals surface area contributed by atoms with Gasteiger partial charge in [0.25, 0.3) is 0 Å². The largest absolute Gasteiger partial charge is 0.416 e. The molecule has 112 valence electrons. The van der Waals surface area contributed by atoms with Crippen molar-refractivity contribution in [1.82, 2.24) is 5.32 Å². The van der Waals surface area contributed by atoms with Crippen molar-refractivity contribution in [3.8, 4) is 0 Å². The monoisotopic (exact) mass is 287 g/mol. The highest BCUT2D eigenvalue weighted by molar-refractivity contribution is 5.25. The molecule has 1 aromatic carbocycles. The van der Waals surface area contributed by atoms with Crippen LogP contribution in [-0.2, 0) is 12.6 Å². The molecule has 2 unspecified atom stereocenters. The zero-order valence-electron chi connectivity index (χ0n) is 11.5. The Morgan fingerprint density at radius 2 is 1.90 bits per heavy atom. The molecule has 0 aliphatic carbocycles. The van der Waals surface area contributed by atoms with Crippen molar-refractivity contribution in [3.63, 3.8) is 0 Å².